The van der Waals surface area contributed by atoms with E-state index < -0.39 is 5.60 Å². The molecule has 19 heavy (non-hydrogen) atoms. The minimum absolute atomic E-state index is 0.0633. The van der Waals surface area contributed by atoms with Crippen molar-refractivity contribution in [2.75, 3.05) is 0 Å². The number of fused-ring (bicyclic) bond motifs is 2. The number of esters is 1. The van der Waals surface area contributed by atoms with Crippen LogP contribution in [0.3, 0.4) is 0 Å². The van der Waals surface area contributed by atoms with E-state index in [1.807, 2.05) is 20.8 Å². The molecule has 1 spiro atoms. The van der Waals surface area contributed by atoms with E-state index in [4.69, 9.17) is 9.47 Å². The van der Waals surface area contributed by atoms with Gasteiger partial charge in [-0.1, -0.05) is 12.5 Å². The zero-order chi connectivity index (χ0) is 13.6. The Morgan fingerprint density at radius 3 is 2.84 bits per heavy atom. The lowest BCUT2D eigenvalue weighted by molar-refractivity contribution is -0.146. The predicted octanol–water partition coefficient (Wildman–Crippen LogP) is 1.63. The highest BCUT2D eigenvalue weighted by Crippen LogP contribution is 2.65. The third kappa shape index (κ3) is 1.11. The van der Waals surface area contributed by atoms with Gasteiger partial charge >= 0.3 is 5.97 Å². The van der Waals surface area contributed by atoms with Crippen LogP contribution in [0.5, 0.6) is 0 Å². The van der Waals surface area contributed by atoms with Gasteiger partial charge in [-0.2, -0.15) is 0 Å². The summed E-state index contributed by atoms with van der Waals surface area (Å²) >= 11 is 0. The monoisotopic (exact) mass is 262 g/mol. The summed E-state index contributed by atoms with van der Waals surface area (Å²) in [6.07, 6.45) is 3.23. The molecule has 0 amide bonds. The van der Waals surface area contributed by atoms with Gasteiger partial charge in [0.1, 0.15) is 11.7 Å². The van der Waals surface area contributed by atoms with Crippen LogP contribution in [0.15, 0.2) is 11.6 Å². The van der Waals surface area contributed by atoms with Gasteiger partial charge in [0.2, 0.25) is 0 Å². The lowest BCUT2D eigenvalue weighted by Gasteiger charge is -2.26. The smallest absolute Gasteiger partial charge is 0.309 e. The van der Waals surface area contributed by atoms with Crippen molar-refractivity contribution in [1.82, 2.24) is 0 Å². The van der Waals surface area contributed by atoms with Crippen molar-refractivity contribution < 1.29 is 19.1 Å². The van der Waals surface area contributed by atoms with Crippen molar-refractivity contribution in [2.24, 2.45) is 17.8 Å². The van der Waals surface area contributed by atoms with Crippen molar-refractivity contribution >= 4 is 11.8 Å². The van der Waals surface area contributed by atoms with Gasteiger partial charge in [-0.15, -0.1) is 0 Å². The van der Waals surface area contributed by atoms with Gasteiger partial charge in [0.05, 0.1) is 11.8 Å². The molecular weight excluding hydrogens is 244 g/mol. The molecule has 102 valence electrons. The zero-order valence-corrected chi connectivity index (χ0v) is 11.4. The third-order valence-corrected chi connectivity index (χ3v) is 5.76. The van der Waals surface area contributed by atoms with E-state index in [2.05, 4.69) is 0 Å². The van der Waals surface area contributed by atoms with Crippen molar-refractivity contribution in [3.8, 4) is 0 Å². The molecule has 0 radical (unpaired) electrons. The molecule has 2 heterocycles. The average Bonchev–Trinajstić information content (AvgIpc) is 2.77. The molecule has 4 heteroatoms. The van der Waals surface area contributed by atoms with E-state index in [9.17, 15) is 9.59 Å². The third-order valence-electron chi connectivity index (χ3n) is 5.76. The molecular formula is C15H18O4. The van der Waals surface area contributed by atoms with Gasteiger partial charge in [0.15, 0.2) is 11.4 Å². The van der Waals surface area contributed by atoms with E-state index in [-0.39, 0.29) is 41.2 Å². The summed E-state index contributed by atoms with van der Waals surface area (Å²) in [5.41, 5.74) is -0.0899. The molecule has 4 rings (SSSR count). The molecule has 2 aliphatic carbocycles. The van der Waals surface area contributed by atoms with Gasteiger partial charge in [0, 0.05) is 5.92 Å². The second-order valence-electron chi connectivity index (χ2n) is 6.69. The van der Waals surface area contributed by atoms with Crippen LogP contribution in [0.2, 0.25) is 0 Å². The van der Waals surface area contributed by atoms with Crippen LogP contribution < -0.4 is 0 Å². The summed E-state index contributed by atoms with van der Waals surface area (Å²) in [5.74, 6) is 0.0187. The van der Waals surface area contributed by atoms with Gasteiger partial charge in [-0.05, 0) is 32.8 Å². The molecule has 3 fully saturated rings. The minimum atomic E-state index is -0.735. The van der Waals surface area contributed by atoms with Crippen molar-refractivity contribution in [3.05, 3.63) is 11.6 Å². The van der Waals surface area contributed by atoms with Crippen LogP contribution in [0.1, 0.15) is 33.6 Å². The summed E-state index contributed by atoms with van der Waals surface area (Å²) in [5, 5.41) is 0. The predicted molar refractivity (Wildman–Crippen MR) is 66.2 cm³/mol. The van der Waals surface area contributed by atoms with E-state index in [1.165, 1.54) is 0 Å². The fourth-order valence-electron chi connectivity index (χ4n) is 4.60. The Morgan fingerprint density at radius 2 is 2.11 bits per heavy atom. The normalized spacial score (nSPS) is 54.8. The molecule has 4 aliphatic rings. The summed E-state index contributed by atoms with van der Waals surface area (Å²) in [4.78, 5) is 24.2. The Balaban J connectivity index is 1.83. The van der Waals surface area contributed by atoms with E-state index >= 15 is 0 Å². The number of ether oxygens (including phenoxy) is 2. The first kappa shape index (κ1) is 11.6. The molecule has 0 N–H and O–H groups in total. The number of ketones is 1. The van der Waals surface area contributed by atoms with E-state index in [0.717, 1.165) is 18.4 Å². The molecule has 0 unspecified atom stereocenters. The van der Waals surface area contributed by atoms with Gasteiger partial charge in [0.25, 0.3) is 0 Å². The Hall–Kier alpha value is -1.16. The number of carbonyl (C=O) groups excluding carboxylic acids is 2. The first-order chi connectivity index (χ1) is 8.91. The molecule has 4 nitrogen and oxygen atoms in total. The number of epoxide rings is 1. The maximum atomic E-state index is 12.4. The second kappa shape index (κ2) is 3.11. The Bertz CT molecular complexity index is 536. The number of hydrogen-bond acceptors (Lipinski definition) is 4. The fraction of sp³-hybridized carbons (Fsp3) is 0.733. The summed E-state index contributed by atoms with van der Waals surface area (Å²) in [7, 11) is 0. The SMILES string of the molecule is CC1=CC(=O)[C@]23O[C@]2(C)CC[C@H]2[C@@H](OC(=O)[C@H]2C)[C@@H]13. The molecule has 6 atom stereocenters. The largest absolute Gasteiger partial charge is 0.461 e. The van der Waals surface area contributed by atoms with E-state index in [1.54, 1.807) is 6.08 Å². The topological polar surface area (TPSA) is 55.9 Å². The van der Waals surface area contributed by atoms with E-state index in [0.29, 0.717) is 0 Å². The zero-order valence-electron chi connectivity index (χ0n) is 11.4. The first-order valence-corrected chi connectivity index (χ1v) is 7.04. The average molecular weight is 262 g/mol. The van der Waals surface area contributed by atoms with Crippen LogP contribution >= 0.6 is 0 Å². The molecule has 2 saturated heterocycles. The number of hydrogen-bond donors (Lipinski definition) is 0. The van der Waals surface area contributed by atoms with Gasteiger partial charge in [-0.25, -0.2) is 0 Å². The Labute approximate surface area is 112 Å². The summed E-state index contributed by atoms with van der Waals surface area (Å²) in [6, 6.07) is 0. The van der Waals surface area contributed by atoms with Crippen molar-refractivity contribution in [3.63, 3.8) is 0 Å². The quantitative estimate of drug-likeness (QED) is 0.492. The van der Waals surface area contributed by atoms with Crippen LogP contribution in [-0.2, 0) is 19.1 Å². The highest BCUT2D eigenvalue weighted by atomic mass is 16.6. The Morgan fingerprint density at radius 1 is 1.37 bits per heavy atom. The van der Waals surface area contributed by atoms with Crippen molar-refractivity contribution in [2.45, 2.75) is 50.9 Å². The molecule has 2 aliphatic heterocycles. The minimum Gasteiger partial charge on any atom is -0.461 e. The highest BCUT2D eigenvalue weighted by Gasteiger charge is 2.79. The number of carbonyl (C=O) groups is 2. The van der Waals surface area contributed by atoms with Crippen LogP contribution in [-0.4, -0.2) is 29.1 Å². The molecule has 0 aromatic heterocycles. The number of rotatable bonds is 0. The van der Waals surface area contributed by atoms with Crippen LogP contribution in [0.25, 0.3) is 0 Å². The molecule has 0 aromatic rings. The maximum Gasteiger partial charge on any atom is 0.309 e. The van der Waals surface area contributed by atoms with Gasteiger partial charge in [-0.3, -0.25) is 9.59 Å². The second-order valence-corrected chi connectivity index (χ2v) is 6.69. The van der Waals surface area contributed by atoms with Crippen molar-refractivity contribution in [1.29, 1.82) is 0 Å². The van der Waals surface area contributed by atoms with Crippen LogP contribution in [0, 0.1) is 17.8 Å². The van der Waals surface area contributed by atoms with Gasteiger partial charge < -0.3 is 9.47 Å². The fourth-order valence-corrected chi connectivity index (χ4v) is 4.60. The molecule has 0 bridgehead atoms. The Kier molecular flexibility index (Phi) is 1.91. The first-order valence-electron chi connectivity index (χ1n) is 7.04. The maximum absolute atomic E-state index is 12.4. The molecule has 0 aromatic carbocycles. The summed E-state index contributed by atoms with van der Waals surface area (Å²) in [6.45, 7) is 5.92. The molecule has 1 saturated carbocycles. The highest BCUT2D eigenvalue weighted by molar-refractivity contribution is 6.04. The van der Waals surface area contributed by atoms with Crippen LogP contribution in [0.4, 0.5) is 0 Å². The lowest BCUT2D eigenvalue weighted by Crippen LogP contribution is -2.41. The summed E-state index contributed by atoms with van der Waals surface area (Å²) < 4.78 is 11.5. The standard InChI is InChI=1S/C15H18O4/c1-7-6-10(16)15-11(7)12-9(8(2)13(17)18-12)4-5-14(15,3)19-15/h6,8-9,11-12H,4-5H2,1-3H3/t8-,9+,11+,12+,14+,15+/m0/s1. The lowest BCUT2D eigenvalue weighted by atomic mass is 9.77.